The number of aromatic nitrogens is 2. The van der Waals surface area contributed by atoms with E-state index in [2.05, 4.69) is 10.3 Å². The van der Waals surface area contributed by atoms with E-state index in [9.17, 15) is 9.59 Å². The van der Waals surface area contributed by atoms with Crippen molar-refractivity contribution in [1.82, 2.24) is 9.97 Å². The number of carbonyl (C=O) groups is 2. The van der Waals surface area contributed by atoms with Crippen molar-refractivity contribution in [3.8, 4) is 39.8 Å². The fraction of sp³-hybridized carbons (Fsp3) is 0.133. The summed E-state index contributed by atoms with van der Waals surface area (Å²) < 4.78 is 21.3. The molecule has 0 aliphatic heterocycles. The molecule has 2 heterocycles. The van der Waals surface area contributed by atoms with Gasteiger partial charge in [0, 0.05) is 21.9 Å². The summed E-state index contributed by atoms with van der Waals surface area (Å²) in [6.07, 6.45) is 0. The average Bonchev–Trinajstić information content (AvgIpc) is 3.47. The lowest BCUT2D eigenvalue weighted by atomic mass is 10.0. The summed E-state index contributed by atoms with van der Waals surface area (Å²) in [5.74, 6) is 0.759. The number of nitrogens with one attached hydrogen (secondary N) is 1. The van der Waals surface area contributed by atoms with Gasteiger partial charge in [-0.3, -0.25) is 10.1 Å². The smallest absolute Gasteiger partial charge is 0.339 e. The maximum absolute atomic E-state index is 13.1. The van der Waals surface area contributed by atoms with Crippen LogP contribution in [-0.2, 0) is 9.53 Å². The second kappa shape index (κ2) is 11.8. The van der Waals surface area contributed by atoms with Gasteiger partial charge in [-0.05, 0) is 54.6 Å². The lowest BCUT2D eigenvalue weighted by Crippen LogP contribution is -2.21. The molecule has 0 saturated carbocycles. The monoisotopic (exact) mass is 555 g/mol. The zero-order chi connectivity index (χ0) is 28.1. The SMILES string of the molecule is COc1ccc(-c2cc(C(=O)OCC(=O)Nc3nc(-c4ccc(OC)c(OC)c4)cs3)c3ccccc3n2)cc1. The first-order valence-corrected chi connectivity index (χ1v) is 13.1. The Morgan fingerprint density at radius 1 is 0.800 bits per heavy atom. The molecule has 5 rings (SSSR count). The molecule has 9 nitrogen and oxygen atoms in total. The predicted molar refractivity (Wildman–Crippen MR) is 153 cm³/mol. The lowest BCUT2D eigenvalue weighted by molar-refractivity contribution is -0.119. The van der Waals surface area contributed by atoms with Crippen LogP contribution in [0.5, 0.6) is 17.2 Å². The Morgan fingerprint density at radius 2 is 1.55 bits per heavy atom. The van der Waals surface area contributed by atoms with E-state index in [1.54, 1.807) is 45.6 Å². The summed E-state index contributed by atoms with van der Waals surface area (Å²) in [6.45, 7) is -0.474. The van der Waals surface area contributed by atoms with Gasteiger partial charge in [0.2, 0.25) is 0 Å². The number of ether oxygens (including phenoxy) is 4. The number of methoxy groups -OCH3 is 3. The number of rotatable bonds is 9. The minimum absolute atomic E-state index is 0.314. The van der Waals surface area contributed by atoms with Crippen molar-refractivity contribution in [2.75, 3.05) is 33.3 Å². The summed E-state index contributed by atoms with van der Waals surface area (Å²) in [5, 5.41) is 5.50. The largest absolute Gasteiger partial charge is 0.497 e. The van der Waals surface area contributed by atoms with E-state index in [1.807, 2.05) is 53.9 Å². The zero-order valence-electron chi connectivity index (χ0n) is 22.0. The number of carbonyl (C=O) groups excluding carboxylic acids is 2. The van der Waals surface area contributed by atoms with Crippen molar-refractivity contribution in [2.45, 2.75) is 0 Å². The highest BCUT2D eigenvalue weighted by Crippen LogP contribution is 2.33. The number of nitrogens with zero attached hydrogens (tertiary/aromatic N) is 2. The number of benzene rings is 3. The van der Waals surface area contributed by atoms with Gasteiger partial charge in [0.15, 0.2) is 23.2 Å². The standard InChI is InChI=1S/C30H25N3O6S/c1-36-20-11-8-18(9-12-20)24-15-22(21-6-4-5-7-23(21)31-24)29(35)39-16-28(34)33-30-32-25(17-40-30)19-10-13-26(37-2)27(14-19)38-3/h4-15,17H,16H2,1-3H3,(H,32,33,34). The number of hydrogen-bond acceptors (Lipinski definition) is 9. The molecule has 0 aliphatic carbocycles. The summed E-state index contributed by atoms with van der Waals surface area (Å²) in [5.41, 5.74) is 3.83. The second-order valence-corrected chi connectivity index (χ2v) is 9.39. The van der Waals surface area contributed by atoms with Gasteiger partial charge in [0.25, 0.3) is 5.91 Å². The topological polar surface area (TPSA) is 109 Å². The highest BCUT2D eigenvalue weighted by atomic mass is 32.1. The van der Waals surface area contributed by atoms with Gasteiger partial charge >= 0.3 is 5.97 Å². The third kappa shape index (κ3) is 5.71. The van der Waals surface area contributed by atoms with E-state index in [4.69, 9.17) is 23.9 Å². The Balaban J connectivity index is 1.28. The number of anilines is 1. The summed E-state index contributed by atoms with van der Waals surface area (Å²) in [6, 6.07) is 21.8. The molecular formula is C30H25N3O6S. The van der Waals surface area contributed by atoms with Crippen LogP contribution in [0.3, 0.4) is 0 Å². The Labute approximate surface area is 234 Å². The van der Waals surface area contributed by atoms with Crippen LogP contribution in [0, 0.1) is 0 Å². The first-order valence-electron chi connectivity index (χ1n) is 12.2. The van der Waals surface area contributed by atoms with E-state index in [0.29, 0.717) is 50.2 Å². The Hall–Kier alpha value is -4.96. The molecule has 0 aliphatic rings. The minimum Gasteiger partial charge on any atom is -0.497 e. The van der Waals surface area contributed by atoms with Gasteiger partial charge in [0.05, 0.1) is 43.8 Å². The molecule has 202 valence electrons. The van der Waals surface area contributed by atoms with Crippen LogP contribution in [0.15, 0.2) is 78.2 Å². The van der Waals surface area contributed by atoms with Crippen LogP contribution in [0.25, 0.3) is 33.4 Å². The second-order valence-electron chi connectivity index (χ2n) is 8.53. The van der Waals surface area contributed by atoms with Gasteiger partial charge in [0.1, 0.15) is 5.75 Å². The van der Waals surface area contributed by atoms with Crippen molar-refractivity contribution in [1.29, 1.82) is 0 Å². The molecular weight excluding hydrogens is 530 g/mol. The molecule has 40 heavy (non-hydrogen) atoms. The number of pyridine rings is 1. The van der Waals surface area contributed by atoms with E-state index in [0.717, 1.165) is 11.1 Å². The third-order valence-corrected chi connectivity index (χ3v) is 6.84. The molecule has 3 aromatic carbocycles. The number of amides is 1. The minimum atomic E-state index is -0.631. The van der Waals surface area contributed by atoms with Crippen molar-refractivity contribution >= 4 is 39.2 Å². The van der Waals surface area contributed by atoms with Gasteiger partial charge in [-0.2, -0.15) is 0 Å². The quantitative estimate of drug-likeness (QED) is 0.226. The van der Waals surface area contributed by atoms with Crippen LogP contribution in [0.2, 0.25) is 0 Å². The molecule has 1 amide bonds. The van der Waals surface area contributed by atoms with E-state index >= 15 is 0 Å². The highest BCUT2D eigenvalue weighted by Gasteiger charge is 2.18. The Bertz CT molecular complexity index is 1680. The van der Waals surface area contributed by atoms with Crippen LogP contribution in [-0.4, -0.2) is 49.8 Å². The maximum atomic E-state index is 13.1. The summed E-state index contributed by atoms with van der Waals surface area (Å²) >= 11 is 1.26. The molecule has 0 bridgehead atoms. The van der Waals surface area contributed by atoms with Gasteiger partial charge < -0.3 is 18.9 Å². The molecule has 0 saturated heterocycles. The molecule has 10 heteroatoms. The van der Waals surface area contributed by atoms with Crippen LogP contribution in [0.4, 0.5) is 5.13 Å². The van der Waals surface area contributed by atoms with Crippen molar-refractivity contribution in [3.05, 3.63) is 83.7 Å². The molecule has 0 unspecified atom stereocenters. The van der Waals surface area contributed by atoms with E-state index < -0.39 is 18.5 Å². The van der Waals surface area contributed by atoms with Gasteiger partial charge in [-0.1, -0.05) is 18.2 Å². The number of esters is 1. The molecule has 1 N–H and O–H groups in total. The Kier molecular flexibility index (Phi) is 7.88. The number of thiazole rings is 1. The zero-order valence-corrected chi connectivity index (χ0v) is 22.8. The molecule has 0 radical (unpaired) electrons. The van der Waals surface area contributed by atoms with Crippen LogP contribution < -0.4 is 19.5 Å². The lowest BCUT2D eigenvalue weighted by Gasteiger charge is -2.10. The van der Waals surface area contributed by atoms with Gasteiger partial charge in [-0.25, -0.2) is 14.8 Å². The molecule has 0 atom stereocenters. The fourth-order valence-corrected chi connectivity index (χ4v) is 4.81. The Morgan fingerprint density at radius 3 is 2.30 bits per heavy atom. The molecule has 5 aromatic rings. The number of hydrogen-bond donors (Lipinski definition) is 1. The van der Waals surface area contributed by atoms with Gasteiger partial charge in [-0.15, -0.1) is 11.3 Å². The first kappa shape index (κ1) is 26.6. The number of fused-ring (bicyclic) bond motifs is 1. The number of para-hydroxylation sites is 1. The average molecular weight is 556 g/mol. The van der Waals surface area contributed by atoms with Crippen molar-refractivity contribution in [3.63, 3.8) is 0 Å². The van der Waals surface area contributed by atoms with Crippen molar-refractivity contribution in [2.24, 2.45) is 0 Å². The molecule has 2 aromatic heterocycles. The van der Waals surface area contributed by atoms with E-state index in [1.165, 1.54) is 11.3 Å². The molecule has 0 fully saturated rings. The highest BCUT2D eigenvalue weighted by molar-refractivity contribution is 7.14. The normalized spacial score (nSPS) is 10.7. The molecule has 0 spiro atoms. The van der Waals surface area contributed by atoms with Crippen molar-refractivity contribution < 1.29 is 28.5 Å². The predicted octanol–water partition coefficient (Wildman–Crippen LogP) is 5.85. The summed E-state index contributed by atoms with van der Waals surface area (Å²) in [7, 11) is 4.72. The summed E-state index contributed by atoms with van der Waals surface area (Å²) in [4.78, 5) is 34.9. The first-order chi connectivity index (χ1) is 19.5. The van der Waals surface area contributed by atoms with Crippen LogP contribution >= 0.6 is 11.3 Å². The third-order valence-electron chi connectivity index (χ3n) is 6.09. The fourth-order valence-electron chi connectivity index (χ4n) is 4.08. The van der Waals surface area contributed by atoms with E-state index in [-0.39, 0.29) is 0 Å². The maximum Gasteiger partial charge on any atom is 0.339 e. The van der Waals surface area contributed by atoms with Crippen LogP contribution in [0.1, 0.15) is 10.4 Å².